The van der Waals surface area contributed by atoms with E-state index in [9.17, 15) is 4.79 Å². The van der Waals surface area contributed by atoms with E-state index >= 15 is 0 Å². The van der Waals surface area contributed by atoms with Gasteiger partial charge in [-0.15, -0.1) is 0 Å². The largest absolute Gasteiger partial charge is 0.354 e. The van der Waals surface area contributed by atoms with Gasteiger partial charge in [0.25, 0.3) is 0 Å². The van der Waals surface area contributed by atoms with Gasteiger partial charge in [0.05, 0.1) is 6.04 Å². The van der Waals surface area contributed by atoms with Crippen LogP contribution in [-0.4, -0.2) is 41.0 Å². The lowest BCUT2D eigenvalue weighted by atomic mass is 9.95. The van der Waals surface area contributed by atoms with Gasteiger partial charge in [0, 0.05) is 35.6 Å². The second kappa shape index (κ2) is 6.87. The fourth-order valence-electron chi connectivity index (χ4n) is 2.63. The molecule has 3 rings (SSSR count). The number of fused-ring (bicyclic) bond motifs is 1. The van der Waals surface area contributed by atoms with Crippen LogP contribution in [0, 0.1) is 0 Å². The highest BCUT2D eigenvalue weighted by Crippen LogP contribution is 2.23. The second-order valence-electron chi connectivity index (χ2n) is 5.22. The molecule has 2 aliphatic heterocycles. The van der Waals surface area contributed by atoms with E-state index in [-0.39, 0.29) is 11.9 Å². The maximum absolute atomic E-state index is 12.3. The molecule has 2 atom stereocenters. The molecular weight excluding hydrogens is 288 g/mol. The van der Waals surface area contributed by atoms with E-state index in [0.717, 1.165) is 25.3 Å². The summed E-state index contributed by atoms with van der Waals surface area (Å²) >= 11 is 3.98. The van der Waals surface area contributed by atoms with Gasteiger partial charge in [0.15, 0.2) is 0 Å². The van der Waals surface area contributed by atoms with Crippen molar-refractivity contribution in [1.82, 2.24) is 10.6 Å². The Morgan fingerprint density at radius 1 is 1.30 bits per heavy atom. The fourth-order valence-corrected chi connectivity index (χ4v) is 5.24. The quantitative estimate of drug-likeness (QED) is 0.891. The summed E-state index contributed by atoms with van der Waals surface area (Å²) in [6, 6.07) is 8.29. The van der Waals surface area contributed by atoms with Crippen LogP contribution in [0.4, 0.5) is 0 Å². The van der Waals surface area contributed by atoms with Crippen LogP contribution in [0.25, 0.3) is 0 Å². The van der Waals surface area contributed by atoms with E-state index in [2.05, 4.69) is 34.9 Å². The van der Waals surface area contributed by atoms with Crippen LogP contribution in [0.15, 0.2) is 24.3 Å². The number of carbonyl (C=O) groups is 1. The lowest BCUT2D eigenvalue weighted by Crippen LogP contribution is -2.49. The molecule has 0 saturated carbocycles. The van der Waals surface area contributed by atoms with Crippen molar-refractivity contribution < 1.29 is 4.79 Å². The number of nitrogens with one attached hydrogen (secondary N) is 2. The zero-order valence-corrected chi connectivity index (χ0v) is 13.1. The van der Waals surface area contributed by atoms with Gasteiger partial charge in [0.1, 0.15) is 0 Å². The number of hydrogen-bond acceptors (Lipinski definition) is 4. The van der Waals surface area contributed by atoms with Crippen molar-refractivity contribution in [2.75, 3.05) is 23.8 Å². The molecule has 5 heteroatoms. The zero-order chi connectivity index (χ0) is 13.8. The van der Waals surface area contributed by atoms with Gasteiger partial charge in [-0.3, -0.25) is 4.79 Å². The van der Waals surface area contributed by atoms with E-state index in [1.54, 1.807) is 0 Å². The summed E-state index contributed by atoms with van der Waals surface area (Å²) in [5.41, 5.74) is 2.62. The SMILES string of the molecule is O=C(NCC1CSCCS1)C1Cc2ccccc2CN1. The molecular formula is C15H20N2OS2. The molecule has 0 aromatic heterocycles. The van der Waals surface area contributed by atoms with Crippen LogP contribution < -0.4 is 10.6 Å². The predicted molar refractivity (Wildman–Crippen MR) is 87.4 cm³/mol. The number of thioether (sulfide) groups is 2. The average molecular weight is 308 g/mol. The second-order valence-corrected chi connectivity index (χ2v) is 7.78. The minimum absolute atomic E-state index is 0.0776. The summed E-state index contributed by atoms with van der Waals surface area (Å²) in [6.45, 7) is 1.60. The Balaban J connectivity index is 1.51. The molecule has 0 radical (unpaired) electrons. The van der Waals surface area contributed by atoms with Crippen molar-refractivity contribution in [1.29, 1.82) is 0 Å². The Bertz CT molecular complexity index is 475. The van der Waals surface area contributed by atoms with E-state index in [1.807, 2.05) is 23.5 Å². The first-order chi connectivity index (χ1) is 9.83. The highest BCUT2D eigenvalue weighted by atomic mass is 32.2. The highest BCUT2D eigenvalue weighted by molar-refractivity contribution is 8.06. The smallest absolute Gasteiger partial charge is 0.237 e. The van der Waals surface area contributed by atoms with Gasteiger partial charge in [-0.1, -0.05) is 24.3 Å². The first kappa shape index (κ1) is 14.3. The van der Waals surface area contributed by atoms with E-state index in [4.69, 9.17) is 0 Å². The monoisotopic (exact) mass is 308 g/mol. The van der Waals surface area contributed by atoms with Crippen LogP contribution in [0.1, 0.15) is 11.1 Å². The molecule has 1 aromatic rings. The Hall–Kier alpha value is -0.650. The van der Waals surface area contributed by atoms with Crippen molar-refractivity contribution in [3.8, 4) is 0 Å². The minimum Gasteiger partial charge on any atom is -0.354 e. The lowest BCUT2D eigenvalue weighted by Gasteiger charge is -2.27. The Labute approximate surface area is 128 Å². The van der Waals surface area contributed by atoms with E-state index in [0.29, 0.717) is 5.25 Å². The summed E-state index contributed by atoms with van der Waals surface area (Å²) in [5.74, 6) is 3.76. The molecule has 108 valence electrons. The summed E-state index contributed by atoms with van der Waals surface area (Å²) in [7, 11) is 0. The molecule has 1 saturated heterocycles. The maximum Gasteiger partial charge on any atom is 0.237 e. The van der Waals surface area contributed by atoms with E-state index in [1.165, 1.54) is 22.6 Å². The maximum atomic E-state index is 12.3. The first-order valence-corrected chi connectivity index (χ1v) is 9.30. The number of amides is 1. The minimum atomic E-state index is -0.0776. The van der Waals surface area contributed by atoms with Crippen LogP contribution in [0.2, 0.25) is 0 Å². The van der Waals surface area contributed by atoms with Crippen molar-refractivity contribution in [2.45, 2.75) is 24.3 Å². The third-order valence-corrected chi connectivity index (χ3v) is 6.63. The van der Waals surface area contributed by atoms with Crippen LogP contribution >= 0.6 is 23.5 Å². The van der Waals surface area contributed by atoms with Gasteiger partial charge in [-0.2, -0.15) is 23.5 Å². The first-order valence-electron chi connectivity index (χ1n) is 7.10. The summed E-state index contributed by atoms with van der Waals surface area (Å²) in [5, 5.41) is 7.03. The van der Waals surface area contributed by atoms with Gasteiger partial charge in [0.2, 0.25) is 5.91 Å². The van der Waals surface area contributed by atoms with Gasteiger partial charge in [-0.05, 0) is 17.5 Å². The number of hydrogen-bond donors (Lipinski definition) is 2. The van der Waals surface area contributed by atoms with Gasteiger partial charge in [-0.25, -0.2) is 0 Å². The number of benzene rings is 1. The summed E-state index contributed by atoms with van der Waals surface area (Å²) in [6.07, 6.45) is 0.800. The van der Waals surface area contributed by atoms with Gasteiger partial charge >= 0.3 is 0 Å². The summed E-state index contributed by atoms with van der Waals surface area (Å²) < 4.78 is 0. The van der Waals surface area contributed by atoms with E-state index < -0.39 is 0 Å². The molecule has 2 unspecified atom stereocenters. The van der Waals surface area contributed by atoms with Gasteiger partial charge < -0.3 is 10.6 Å². The molecule has 1 aromatic carbocycles. The molecule has 0 aliphatic carbocycles. The molecule has 1 amide bonds. The topological polar surface area (TPSA) is 41.1 Å². The molecule has 3 nitrogen and oxygen atoms in total. The molecule has 2 N–H and O–H groups in total. The normalized spacial score (nSPS) is 25.8. The van der Waals surface area contributed by atoms with Crippen molar-refractivity contribution in [2.24, 2.45) is 0 Å². The number of rotatable bonds is 3. The highest BCUT2D eigenvalue weighted by Gasteiger charge is 2.24. The molecule has 0 spiro atoms. The molecule has 1 fully saturated rings. The molecule has 20 heavy (non-hydrogen) atoms. The van der Waals surface area contributed by atoms with Crippen molar-refractivity contribution in [3.05, 3.63) is 35.4 Å². The lowest BCUT2D eigenvalue weighted by molar-refractivity contribution is -0.123. The van der Waals surface area contributed by atoms with Crippen LogP contribution in [0.3, 0.4) is 0 Å². The van der Waals surface area contributed by atoms with Crippen LogP contribution in [0.5, 0.6) is 0 Å². The molecule has 2 heterocycles. The average Bonchev–Trinajstić information content (AvgIpc) is 2.53. The Morgan fingerprint density at radius 3 is 2.95 bits per heavy atom. The molecule has 2 aliphatic rings. The fraction of sp³-hybridized carbons (Fsp3) is 0.533. The van der Waals surface area contributed by atoms with Crippen molar-refractivity contribution in [3.63, 3.8) is 0 Å². The Morgan fingerprint density at radius 2 is 2.15 bits per heavy atom. The standard InChI is InChI=1S/C15H20N2OS2/c18-15(17-9-13-10-19-5-6-20-13)14-7-11-3-1-2-4-12(11)8-16-14/h1-4,13-14,16H,5-10H2,(H,17,18). The van der Waals surface area contributed by atoms with Crippen molar-refractivity contribution >= 4 is 29.4 Å². The third-order valence-electron chi connectivity index (χ3n) is 3.79. The number of carbonyl (C=O) groups excluding carboxylic acids is 1. The van der Waals surface area contributed by atoms with Crippen LogP contribution in [-0.2, 0) is 17.8 Å². The summed E-state index contributed by atoms with van der Waals surface area (Å²) in [4.78, 5) is 12.3. The zero-order valence-electron chi connectivity index (χ0n) is 11.4. The third kappa shape index (κ3) is 3.51. The predicted octanol–water partition coefficient (Wildman–Crippen LogP) is 1.67. The Kier molecular flexibility index (Phi) is 4.91. The molecule has 0 bridgehead atoms.